The van der Waals surface area contributed by atoms with E-state index in [1.54, 1.807) is 0 Å². The topological polar surface area (TPSA) is 72.2 Å². The lowest BCUT2D eigenvalue weighted by Crippen LogP contribution is -2.46. The van der Waals surface area contributed by atoms with E-state index < -0.39 is 41.0 Å². The molecule has 0 aliphatic heterocycles. The van der Waals surface area contributed by atoms with E-state index >= 15 is 0 Å². The van der Waals surface area contributed by atoms with Gasteiger partial charge in [-0.1, -0.05) is 24.3 Å². The summed E-state index contributed by atoms with van der Waals surface area (Å²) in [5, 5.41) is 2.18. The van der Waals surface area contributed by atoms with E-state index in [1.807, 2.05) is 0 Å². The fraction of sp³-hybridized carbons (Fsp3) is 0.176. The molecule has 0 saturated heterocycles. The van der Waals surface area contributed by atoms with Crippen molar-refractivity contribution in [2.45, 2.75) is 18.6 Å². The Labute approximate surface area is 140 Å². The summed E-state index contributed by atoms with van der Waals surface area (Å²) in [6.45, 7) is 0. The number of hydrogen-bond donors (Lipinski definition) is 2. The SMILES string of the molecule is NC(=O)[C@H](Cc1cccc(F)c1)NC(=O)c1ccccc1C(F)(F)F. The van der Waals surface area contributed by atoms with Gasteiger partial charge in [-0.05, 0) is 29.8 Å². The van der Waals surface area contributed by atoms with Crippen LogP contribution in [0.2, 0.25) is 0 Å². The molecular weight excluding hydrogens is 340 g/mol. The molecule has 0 aliphatic carbocycles. The molecule has 0 unspecified atom stereocenters. The third kappa shape index (κ3) is 4.79. The van der Waals surface area contributed by atoms with Gasteiger partial charge in [0.15, 0.2) is 0 Å². The van der Waals surface area contributed by atoms with Gasteiger partial charge in [0.05, 0.1) is 11.1 Å². The summed E-state index contributed by atoms with van der Waals surface area (Å²) in [4.78, 5) is 23.7. The fourth-order valence-electron chi connectivity index (χ4n) is 2.29. The van der Waals surface area contributed by atoms with Crippen LogP contribution in [-0.2, 0) is 17.4 Å². The molecule has 132 valence electrons. The van der Waals surface area contributed by atoms with Crippen LogP contribution in [0.25, 0.3) is 0 Å². The zero-order chi connectivity index (χ0) is 18.6. The summed E-state index contributed by atoms with van der Waals surface area (Å²) in [6, 6.07) is 8.16. The van der Waals surface area contributed by atoms with Crippen LogP contribution < -0.4 is 11.1 Å². The second-order valence-corrected chi connectivity index (χ2v) is 5.31. The van der Waals surface area contributed by atoms with Crippen LogP contribution >= 0.6 is 0 Å². The van der Waals surface area contributed by atoms with Crippen molar-refractivity contribution in [3.63, 3.8) is 0 Å². The maximum Gasteiger partial charge on any atom is 0.417 e. The molecule has 3 N–H and O–H groups in total. The Morgan fingerprint density at radius 2 is 1.76 bits per heavy atom. The summed E-state index contributed by atoms with van der Waals surface area (Å²) in [5.41, 5.74) is 3.82. The van der Waals surface area contributed by atoms with E-state index in [-0.39, 0.29) is 6.42 Å². The largest absolute Gasteiger partial charge is 0.417 e. The first kappa shape index (κ1) is 18.4. The summed E-state index contributed by atoms with van der Waals surface area (Å²) in [7, 11) is 0. The van der Waals surface area contributed by atoms with E-state index in [4.69, 9.17) is 5.73 Å². The van der Waals surface area contributed by atoms with E-state index in [0.717, 1.165) is 24.3 Å². The molecule has 2 aromatic carbocycles. The third-order valence-corrected chi connectivity index (χ3v) is 3.45. The quantitative estimate of drug-likeness (QED) is 0.811. The Kier molecular flexibility index (Phi) is 5.41. The highest BCUT2D eigenvalue weighted by Crippen LogP contribution is 2.31. The Morgan fingerprint density at radius 1 is 1.08 bits per heavy atom. The van der Waals surface area contributed by atoms with Gasteiger partial charge in [0.1, 0.15) is 11.9 Å². The van der Waals surface area contributed by atoms with Gasteiger partial charge in [0.25, 0.3) is 5.91 Å². The van der Waals surface area contributed by atoms with Gasteiger partial charge in [-0.25, -0.2) is 4.39 Å². The Hall–Kier alpha value is -2.90. The van der Waals surface area contributed by atoms with Crippen molar-refractivity contribution in [3.05, 3.63) is 71.0 Å². The monoisotopic (exact) mass is 354 g/mol. The van der Waals surface area contributed by atoms with E-state index in [9.17, 15) is 27.2 Å². The molecule has 2 aromatic rings. The summed E-state index contributed by atoms with van der Waals surface area (Å²) < 4.78 is 52.1. The van der Waals surface area contributed by atoms with Gasteiger partial charge in [-0.2, -0.15) is 13.2 Å². The van der Waals surface area contributed by atoms with Gasteiger partial charge in [0, 0.05) is 6.42 Å². The Bertz CT molecular complexity index is 790. The van der Waals surface area contributed by atoms with Gasteiger partial charge in [-0.3, -0.25) is 9.59 Å². The second-order valence-electron chi connectivity index (χ2n) is 5.31. The lowest BCUT2D eigenvalue weighted by Gasteiger charge is -2.18. The van der Waals surface area contributed by atoms with E-state index in [0.29, 0.717) is 5.56 Å². The maximum absolute atomic E-state index is 13.2. The van der Waals surface area contributed by atoms with Crippen LogP contribution in [0.1, 0.15) is 21.5 Å². The number of halogens is 4. The van der Waals surface area contributed by atoms with Crippen molar-refractivity contribution in [1.29, 1.82) is 0 Å². The van der Waals surface area contributed by atoms with Crippen LogP contribution in [0.15, 0.2) is 48.5 Å². The molecule has 25 heavy (non-hydrogen) atoms. The number of amides is 2. The fourth-order valence-corrected chi connectivity index (χ4v) is 2.29. The molecule has 0 aliphatic rings. The minimum atomic E-state index is -4.72. The minimum absolute atomic E-state index is 0.146. The van der Waals surface area contributed by atoms with Crippen molar-refractivity contribution in [2.24, 2.45) is 5.73 Å². The maximum atomic E-state index is 13.2. The van der Waals surface area contributed by atoms with Crippen LogP contribution in [0.5, 0.6) is 0 Å². The molecular formula is C17H14F4N2O2. The molecule has 8 heteroatoms. The number of nitrogens with two attached hydrogens (primary N) is 1. The number of hydrogen-bond acceptors (Lipinski definition) is 2. The third-order valence-electron chi connectivity index (χ3n) is 3.45. The molecule has 1 atom stereocenters. The molecule has 0 heterocycles. The molecule has 0 fully saturated rings. The summed E-state index contributed by atoms with van der Waals surface area (Å²) in [5.74, 6) is -2.58. The number of nitrogens with one attached hydrogen (secondary N) is 1. The van der Waals surface area contributed by atoms with Crippen LogP contribution in [0.4, 0.5) is 17.6 Å². The highest BCUT2D eigenvalue weighted by atomic mass is 19.4. The van der Waals surface area contributed by atoms with Crippen molar-refractivity contribution in [2.75, 3.05) is 0 Å². The van der Waals surface area contributed by atoms with E-state index in [1.165, 1.54) is 24.3 Å². The van der Waals surface area contributed by atoms with E-state index in [2.05, 4.69) is 5.32 Å². The smallest absolute Gasteiger partial charge is 0.368 e. The normalized spacial score (nSPS) is 12.5. The second kappa shape index (κ2) is 7.33. The van der Waals surface area contributed by atoms with Crippen LogP contribution in [-0.4, -0.2) is 17.9 Å². The standard InChI is InChI=1S/C17H14F4N2O2/c18-11-5-3-4-10(8-11)9-14(15(22)24)23-16(25)12-6-1-2-7-13(12)17(19,20)21/h1-8,14H,9H2,(H2,22,24)(H,23,25)/t14-/m0/s1. The molecule has 0 bridgehead atoms. The highest BCUT2D eigenvalue weighted by molar-refractivity contribution is 5.98. The zero-order valence-electron chi connectivity index (χ0n) is 12.8. The van der Waals surface area contributed by atoms with Crippen molar-refractivity contribution in [3.8, 4) is 0 Å². The number of alkyl halides is 3. The lowest BCUT2D eigenvalue weighted by atomic mass is 10.0. The first-order valence-corrected chi connectivity index (χ1v) is 7.19. The van der Waals surface area contributed by atoms with Gasteiger partial charge >= 0.3 is 6.18 Å². The number of carbonyl (C=O) groups is 2. The van der Waals surface area contributed by atoms with Crippen LogP contribution in [0.3, 0.4) is 0 Å². The first-order chi connectivity index (χ1) is 11.7. The average molecular weight is 354 g/mol. The summed E-state index contributed by atoms with van der Waals surface area (Å²) >= 11 is 0. The van der Waals surface area contributed by atoms with Gasteiger partial charge in [0.2, 0.25) is 5.91 Å². The zero-order valence-corrected chi connectivity index (χ0v) is 12.8. The predicted molar refractivity (Wildman–Crippen MR) is 82.0 cm³/mol. The van der Waals surface area contributed by atoms with Crippen molar-refractivity contribution >= 4 is 11.8 Å². The average Bonchev–Trinajstić information content (AvgIpc) is 2.53. The molecule has 2 rings (SSSR count). The molecule has 4 nitrogen and oxygen atoms in total. The lowest BCUT2D eigenvalue weighted by molar-refractivity contribution is -0.137. The number of benzene rings is 2. The molecule has 0 saturated carbocycles. The summed E-state index contributed by atoms with van der Waals surface area (Å²) in [6.07, 6.45) is -4.87. The van der Waals surface area contributed by atoms with Gasteiger partial charge < -0.3 is 11.1 Å². The van der Waals surface area contributed by atoms with Crippen LogP contribution in [0, 0.1) is 5.82 Å². The number of carbonyl (C=O) groups excluding carboxylic acids is 2. The van der Waals surface area contributed by atoms with Gasteiger partial charge in [-0.15, -0.1) is 0 Å². The molecule has 0 radical (unpaired) electrons. The van der Waals surface area contributed by atoms with Crippen molar-refractivity contribution in [1.82, 2.24) is 5.32 Å². The first-order valence-electron chi connectivity index (χ1n) is 7.19. The highest BCUT2D eigenvalue weighted by Gasteiger charge is 2.35. The molecule has 0 spiro atoms. The Morgan fingerprint density at radius 3 is 2.36 bits per heavy atom. The molecule has 0 aromatic heterocycles. The number of rotatable bonds is 5. The number of primary amides is 1. The minimum Gasteiger partial charge on any atom is -0.368 e. The molecule has 2 amide bonds. The Balaban J connectivity index is 2.23. The predicted octanol–water partition coefficient (Wildman–Crippen LogP) is 2.67. The van der Waals surface area contributed by atoms with Crippen molar-refractivity contribution < 1.29 is 27.2 Å².